The Balaban J connectivity index is 2.12. The van der Waals surface area contributed by atoms with E-state index in [1.54, 1.807) is 0 Å². The van der Waals surface area contributed by atoms with E-state index in [0.29, 0.717) is 5.17 Å². The Kier molecular flexibility index (Phi) is 2.26. The molecule has 0 aromatic rings. The minimum Gasteiger partial charge on any atom is -0.359 e. The number of halogens is 3. The molecule has 0 atom stereocenters. The van der Waals surface area contributed by atoms with Crippen LogP contribution in [0.3, 0.4) is 0 Å². The summed E-state index contributed by atoms with van der Waals surface area (Å²) in [6.45, 7) is 3.91. The van der Waals surface area contributed by atoms with Gasteiger partial charge in [-0.15, -0.1) is 0 Å². The van der Waals surface area contributed by atoms with Gasteiger partial charge < -0.3 is 5.32 Å². The Hall–Kier alpha value is -0.390. The van der Waals surface area contributed by atoms with Gasteiger partial charge in [0.2, 0.25) is 0 Å². The summed E-state index contributed by atoms with van der Waals surface area (Å²) in [4.78, 5) is 3.83. The third-order valence-corrected chi connectivity index (χ3v) is 3.91. The Morgan fingerprint density at radius 2 is 1.93 bits per heavy atom. The molecule has 1 heterocycles. The monoisotopic (exact) mass is 238 g/mol. The molecule has 0 unspecified atom stereocenters. The molecule has 0 aromatic heterocycles. The van der Waals surface area contributed by atoms with Gasteiger partial charge in [-0.2, -0.15) is 13.2 Å². The first-order valence-corrected chi connectivity index (χ1v) is 5.80. The van der Waals surface area contributed by atoms with Crippen LogP contribution in [0, 0.1) is 0 Å². The van der Waals surface area contributed by atoms with Crippen LogP contribution < -0.4 is 5.32 Å². The van der Waals surface area contributed by atoms with Crippen LogP contribution in [0.4, 0.5) is 13.2 Å². The number of amidine groups is 1. The molecule has 2 rings (SSSR count). The van der Waals surface area contributed by atoms with Crippen molar-refractivity contribution in [2.45, 2.75) is 43.9 Å². The van der Waals surface area contributed by atoms with E-state index >= 15 is 0 Å². The van der Waals surface area contributed by atoms with Crippen molar-refractivity contribution in [3.05, 3.63) is 0 Å². The zero-order valence-electron chi connectivity index (χ0n) is 8.61. The van der Waals surface area contributed by atoms with Crippen molar-refractivity contribution >= 4 is 16.9 Å². The van der Waals surface area contributed by atoms with Gasteiger partial charge in [0, 0.05) is 11.3 Å². The first kappa shape index (κ1) is 11.1. The summed E-state index contributed by atoms with van der Waals surface area (Å²) in [7, 11) is 0. The summed E-state index contributed by atoms with van der Waals surface area (Å²) in [5.74, 6) is 0.764. The highest BCUT2D eigenvalue weighted by atomic mass is 32.2. The molecule has 2 fully saturated rings. The van der Waals surface area contributed by atoms with Crippen LogP contribution in [-0.4, -0.2) is 28.2 Å². The van der Waals surface area contributed by atoms with Crippen molar-refractivity contribution in [1.29, 1.82) is 0 Å². The van der Waals surface area contributed by atoms with E-state index in [-0.39, 0.29) is 18.4 Å². The molecular weight excluding hydrogens is 225 g/mol. The predicted molar refractivity (Wildman–Crippen MR) is 55.1 cm³/mol. The molecule has 1 saturated heterocycles. The van der Waals surface area contributed by atoms with Gasteiger partial charge in [-0.1, -0.05) is 11.8 Å². The van der Waals surface area contributed by atoms with Crippen LogP contribution in [0.5, 0.6) is 0 Å². The van der Waals surface area contributed by atoms with Crippen LogP contribution >= 0.6 is 11.8 Å². The third kappa shape index (κ3) is 2.09. The zero-order valence-corrected chi connectivity index (χ0v) is 9.43. The van der Waals surface area contributed by atoms with Crippen LogP contribution in [-0.2, 0) is 0 Å². The van der Waals surface area contributed by atoms with Gasteiger partial charge in [0.25, 0.3) is 0 Å². The van der Waals surface area contributed by atoms with Crippen molar-refractivity contribution in [2.24, 2.45) is 4.99 Å². The Morgan fingerprint density at radius 3 is 2.27 bits per heavy atom. The molecule has 2 nitrogen and oxygen atoms in total. The molecule has 1 aliphatic heterocycles. The van der Waals surface area contributed by atoms with Gasteiger partial charge in [0.05, 0.1) is 0 Å². The molecule has 0 amide bonds. The highest BCUT2D eigenvalue weighted by molar-refractivity contribution is 8.14. The quantitative estimate of drug-likeness (QED) is 0.759. The van der Waals surface area contributed by atoms with Crippen LogP contribution in [0.15, 0.2) is 4.99 Å². The molecule has 2 aliphatic rings. The second-order valence-corrected chi connectivity index (χ2v) is 5.71. The summed E-state index contributed by atoms with van der Waals surface area (Å²) in [5, 5.41) is 3.45. The fraction of sp³-hybridized carbons (Fsp3) is 0.889. The summed E-state index contributed by atoms with van der Waals surface area (Å²) < 4.78 is 37.8. The highest BCUT2D eigenvalue weighted by Crippen LogP contribution is 2.52. The SMILES string of the molecule is CC1(C)CSC(=NC2(C(F)(F)F)CC2)N1. The summed E-state index contributed by atoms with van der Waals surface area (Å²) in [5.41, 5.74) is -1.92. The summed E-state index contributed by atoms with van der Waals surface area (Å²) >= 11 is 1.37. The Morgan fingerprint density at radius 1 is 1.33 bits per heavy atom. The standard InChI is InChI=1S/C9H13F3N2S/c1-7(2)5-15-6(13-7)14-8(3-4-8)9(10,11)12/h3-5H2,1-2H3,(H,13,14). The third-order valence-electron chi connectivity index (χ3n) is 2.58. The van der Waals surface area contributed by atoms with Gasteiger partial charge in [0.1, 0.15) is 0 Å². The molecule has 0 spiro atoms. The second-order valence-electron chi connectivity index (χ2n) is 4.74. The minimum absolute atomic E-state index is 0.128. The van der Waals surface area contributed by atoms with Gasteiger partial charge >= 0.3 is 6.18 Å². The van der Waals surface area contributed by atoms with Crippen molar-refractivity contribution < 1.29 is 13.2 Å². The number of aliphatic imine (C=N–C) groups is 1. The maximum absolute atomic E-state index is 12.6. The summed E-state index contributed by atoms with van der Waals surface area (Å²) in [6, 6.07) is 0. The average Bonchev–Trinajstić information content (AvgIpc) is 2.73. The van der Waals surface area contributed by atoms with Crippen LogP contribution in [0.1, 0.15) is 26.7 Å². The lowest BCUT2D eigenvalue weighted by atomic mass is 10.1. The second kappa shape index (κ2) is 3.06. The largest absolute Gasteiger partial charge is 0.413 e. The van der Waals surface area contributed by atoms with Crippen molar-refractivity contribution in [3.63, 3.8) is 0 Å². The van der Waals surface area contributed by atoms with Crippen LogP contribution in [0.25, 0.3) is 0 Å². The van der Waals surface area contributed by atoms with E-state index in [2.05, 4.69) is 10.3 Å². The van der Waals surface area contributed by atoms with E-state index in [4.69, 9.17) is 0 Å². The normalized spacial score (nSPS) is 30.3. The van der Waals surface area contributed by atoms with Crippen molar-refractivity contribution in [2.75, 3.05) is 5.75 Å². The lowest BCUT2D eigenvalue weighted by molar-refractivity contribution is -0.155. The first-order chi connectivity index (χ1) is 6.74. The summed E-state index contributed by atoms with van der Waals surface area (Å²) in [6.07, 6.45) is -3.94. The fourth-order valence-electron chi connectivity index (χ4n) is 1.44. The lowest BCUT2D eigenvalue weighted by Gasteiger charge is -2.18. The van der Waals surface area contributed by atoms with Crippen molar-refractivity contribution in [1.82, 2.24) is 5.32 Å². The van der Waals surface area contributed by atoms with Gasteiger partial charge in [-0.25, -0.2) is 4.99 Å². The number of nitrogens with zero attached hydrogens (tertiary/aromatic N) is 1. The number of thioether (sulfide) groups is 1. The van der Waals surface area contributed by atoms with E-state index in [1.807, 2.05) is 13.8 Å². The maximum atomic E-state index is 12.6. The average molecular weight is 238 g/mol. The van der Waals surface area contributed by atoms with Crippen molar-refractivity contribution in [3.8, 4) is 0 Å². The lowest BCUT2D eigenvalue weighted by Crippen LogP contribution is -2.38. The molecule has 1 N–H and O–H groups in total. The molecule has 1 saturated carbocycles. The molecule has 0 aromatic carbocycles. The van der Waals surface area contributed by atoms with E-state index in [9.17, 15) is 13.2 Å². The molecule has 0 radical (unpaired) electrons. The van der Waals surface area contributed by atoms with E-state index in [0.717, 1.165) is 5.75 Å². The molecule has 15 heavy (non-hydrogen) atoms. The van der Waals surface area contributed by atoms with Gasteiger partial charge in [-0.3, -0.25) is 0 Å². The molecule has 86 valence electrons. The van der Waals surface area contributed by atoms with Gasteiger partial charge in [0.15, 0.2) is 10.7 Å². The van der Waals surface area contributed by atoms with Crippen LogP contribution in [0.2, 0.25) is 0 Å². The number of hydrogen-bond donors (Lipinski definition) is 1. The molecule has 1 aliphatic carbocycles. The van der Waals surface area contributed by atoms with Gasteiger partial charge in [-0.05, 0) is 26.7 Å². The molecular formula is C9H13F3N2S. The molecule has 0 bridgehead atoms. The van der Waals surface area contributed by atoms with E-state index in [1.165, 1.54) is 11.8 Å². The predicted octanol–water partition coefficient (Wildman–Crippen LogP) is 2.55. The number of rotatable bonds is 1. The number of alkyl halides is 3. The topological polar surface area (TPSA) is 24.4 Å². The Labute approximate surface area is 90.7 Å². The zero-order chi connectivity index (χ0) is 11.3. The highest BCUT2D eigenvalue weighted by Gasteiger charge is 2.64. The molecule has 6 heteroatoms. The maximum Gasteiger partial charge on any atom is 0.413 e. The van der Waals surface area contributed by atoms with E-state index < -0.39 is 11.7 Å². The Bertz CT molecular complexity index is 305. The smallest absolute Gasteiger partial charge is 0.359 e. The number of nitrogens with one attached hydrogen (secondary N) is 1. The first-order valence-electron chi connectivity index (χ1n) is 4.82. The fourth-order valence-corrected chi connectivity index (χ4v) is 2.60. The number of hydrogen-bond acceptors (Lipinski definition) is 2. The minimum atomic E-state index is -4.20.